The summed E-state index contributed by atoms with van der Waals surface area (Å²) < 4.78 is 5.47. The fraction of sp³-hybridized carbons (Fsp3) is 0.929. The maximum atomic E-state index is 12.1. The fourth-order valence-electron chi connectivity index (χ4n) is 2.22. The lowest BCUT2D eigenvalue weighted by molar-refractivity contribution is 0.00999. The molecule has 18 heavy (non-hydrogen) atoms. The molecule has 106 valence electrons. The maximum absolute atomic E-state index is 12.1. The zero-order valence-electron chi connectivity index (χ0n) is 12.3. The van der Waals surface area contributed by atoms with E-state index in [0.29, 0.717) is 6.04 Å². The quantitative estimate of drug-likeness (QED) is 0.786. The van der Waals surface area contributed by atoms with Crippen LogP contribution in [0.2, 0.25) is 0 Å². The molecule has 1 aliphatic heterocycles. The maximum Gasteiger partial charge on any atom is 0.410 e. The van der Waals surface area contributed by atoms with E-state index in [1.165, 1.54) is 6.42 Å². The second-order valence-electron chi connectivity index (χ2n) is 6.03. The van der Waals surface area contributed by atoms with Crippen molar-refractivity contribution in [2.24, 2.45) is 0 Å². The molecule has 0 aromatic carbocycles. The smallest absolute Gasteiger partial charge is 0.410 e. The summed E-state index contributed by atoms with van der Waals surface area (Å²) in [6.07, 6.45) is 4.33. The first-order valence-electron chi connectivity index (χ1n) is 7.14. The van der Waals surface area contributed by atoms with E-state index in [1.807, 2.05) is 25.7 Å². The van der Waals surface area contributed by atoms with Crippen LogP contribution >= 0.6 is 0 Å². The molecule has 1 saturated heterocycles. The van der Waals surface area contributed by atoms with E-state index < -0.39 is 5.60 Å². The van der Waals surface area contributed by atoms with E-state index in [9.17, 15) is 4.79 Å². The lowest BCUT2D eigenvalue weighted by Crippen LogP contribution is -2.50. The van der Waals surface area contributed by atoms with E-state index in [0.717, 1.165) is 38.9 Å². The Balaban J connectivity index is 2.50. The number of rotatable bonds is 4. The zero-order chi connectivity index (χ0) is 13.6. The number of amides is 1. The lowest BCUT2D eigenvalue weighted by Gasteiger charge is -2.36. The molecule has 0 aliphatic carbocycles. The summed E-state index contributed by atoms with van der Waals surface area (Å²) in [5.41, 5.74) is -0.407. The second-order valence-corrected chi connectivity index (χ2v) is 6.03. The van der Waals surface area contributed by atoms with Crippen LogP contribution in [0.1, 0.15) is 53.4 Å². The van der Waals surface area contributed by atoms with E-state index in [2.05, 4.69) is 12.2 Å². The third kappa shape index (κ3) is 5.25. The summed E-state index contributed by atoms with van der Waals surface area (Å²) in [6, 6.07) is 0.292. The minimum absolute atomic E-state index is 0.162. The predicted molar refractivity (Wildman–Crippen MR) is 73.7 cm³/mol. The van der Waals surface area contributed by atoms with Gasteiger partial charge in [-0.25, -0.2) is 4.79 Å². The molecule has 4 nitrogen and oxygen atoms in total. The largest absolute Gasteiger partial charge is 0.444 e. The van der Waals surface area contributed by atoms with Crippen molar-refractivity contribution in [2.75, 3.05) is 19.6 Å². The summed E-state index contributed by atoms with van der Waals surface area (Å²) in [5.74, 6) is 0. The van der Waals surface area contributed by atoms with Gasteiger partial charge < -0.3 is 15.0 Å². The number of carbonyl (C=O) groups excluding carboxylic acids is 1. The molecule has 0 aromatic rings. The van der Waals surface area contributed by atoms with Gasteiger partial charge in [-0.3, -0.25) is 0 Å². The van der Waals surface area contributed by atoms with Crippen molar-refractivity contribution in [1.29, 1.82) is 0 Å². The Morgan fingerprint density at radius 1 is 1.39 bits per heavy atom. The lowest BCUT2D eigenvalue weighted by atomic mass is 10.0. The summed E-state index contributed by atoms with van der Waals surface area (Å²) >= 11 is 0. The monoisotopic (exact) mass is 256 g/mol. The standard InChI is InChI=1S/C14H28N2O2/c1-5-9-15-11-12-8-6-7-10-16(12)13(17)18-14(2,3)4/h12,15H,5-11H2,1-4H3/t12-/m1/s1. The molecule has 0 aromatic heterocycles. The van der Waals surface area contributed by atoms with Crippen molar-refractivity contribution >= 4 is 6.09 Å². The van der Waals surface area contributed by atoms with Crippen LogP contribution in [-0.4, -0.2) is 42.3 Å². The normalized spacial score (nSPS) is 20.9. The second kappa shape index (κ2) is 6.98. The van der Waals surface area contributed by atoms with Crippen LogP contribution in [0, 0.1) is 0 Å². The third-order valence-corrected chi connectivity index (χ3v) is 3.06. The summed E-state index contributed by atoms with van der Waals surface area (Å²) in [6.45, 7) is 10.6. The number of hydrogen-bond donors (Lipinski definition) is 1. The van der Waals surface area contributed by atoms with Crippen LogP contribution in [0.25, 0.3) is 0 Å². The Labute approximate surface area is 111 Å². The van der Waals surface area contributed by atoms with E-state index in [4.69, 9.17) is 4.74 Å². The molecule has 1 rings (SSSR count). The molecule has 1 heterocycles. The summed E-state index contributed by atoms with van der Waals surface area (Å²) in [5, 5.41) is 3.40. The first kappa shape index (κ1) is 15.3. The molecule has 0 bridgehead atoms. The van der Waals surface area contributed by atoms with Gasteiger partial charge in [0.05, 0.1) is 0 Å². The number of piperidine rings is 1. The summed E-state index contributed by atoms with van der Waals surface area (Å²) in [7, 11) is 0. The molecule has 1 fully saturated rings. The number of hydrogen-bond acceptors (Lipinski definition) is 3. The van der Waals surface area contributed by atoms with Crippen molar-refractivity contribution in [2.45, 2.75) is 65.0 Å². The Bertz CT molecular complexity index is 261. The highest BCUT2D eigenvalue weighted by molar-refractivity contribution is 5.68. The minimum atomic E-state index is -0.407. The molecule has 0 radical (unpaired) electrons. The van der Waals surface area contributed by atoms with E-state index >= 15 is 0 Å². The number of ether oxygens (including phenoxy) is 1. The van der Waals surface area contributed by atoms with E-state index in [1.54, 1.807) is 0 Å². The molecule has 1 N–H and O–H groups in total. The van der Waals surface area contributed by atoms with Crippen LogP contribution in [0.15, 0.2) is 0 Å². The van der Waals surface area contributed by atoms with Crippen molar-refractivity contribution in [3.8, 4) is 0 Å². The Kier molecular flexibility index (Phi) is 5.93. The van der Waals surface area contributed by atoms with Crippen LogP contribution in [0.4, 0.5) is 4.79 Å². The average molecular weight is 256 g/mol. The highest BCUT2D eigenvalue weighted by atomic mass is 16.6. The van der Waals surface area contributed by atoms with Crippen molar-refractivity contribution in [1.82, 2.24) is 10.2 Å². The van der Waals surface area contributed by atoms with Gasteiger partial charge in [-0.15, -0.1) is 0 Å². The molecule has 4 heteroatoms. The average Bonchev–Trinajstić information content (AvgIpc) is 2.27. The van der Waals surface area contributed by atoms with Gasteiger partial charge >= 0.3 is 6.09 Å². The van der Waals surface area contributed by atoms with Gasteiger partial charge in [0.15, 0.2) is 0 Å². The van der Waals surface area contributed by atoms with Crippen LogP contribution in [0.5, 0.6) is 0 Å². The Morgan fingerprint density at radius 2 is 2.11 bits per heavy atom. The third-order valence-electron chi connectivity index (χ3n) is 3.06. The summed E-state index contributed by atoms with van der Waals surface area (Å²) in [4.78, 5) is 14.0. The van der Waals surface area contributed by atoms with Crippen LogP contribution in [-0.2, 0) is 4.74 Å². The molecule has 1 amide bonds. The van der Waals surface area contributed by atoms with Gasteiger partial charge in [-0.2, -0.15) is 0 Å². The SMILES string of the molecule is CCCNC[C@H]1CCCCN1C(=O)OC(C)(C)C. The van der Waals surface area contributed by atoms with Gasteiger partial charge in [0, 0.05) is 19.1 Å². The fourth-order valence-corrected chi connectivity index (χ4v) is 2.22. The Hall–Kier alpha value is -0.770. The molecule has 0 saturated carbocycles. The van der Waals surface area contributed by atoms with Gasteiger partial charge in [0.25, 0.3) is 0 Å². The number of nitrogens with one attached hydrogen (secondary N) is 1. The molecule has 1 atom stereocenters. The first-order chi connectivity index (χ1) is 8.44. The highest BCUT2D eigenvalue weighted by Crippen LogP contribution is 2.19. The molecule has 0 unspecified atom stereocenters. The van der Waals surface area contributed by atoms with Crippen LogP contribution < -0.4 is 5.32 Å². The predicted octanol–water partition coefficient (Wildman–Crippen LogP) is 2.78. The first-order valence-corrected chi connectivity index (χ1v) is 7.14. The van der Waals surface area contributed by atoms with Gasteiger partial charge in [-0.05, 0) is 53.0 Å². The molecule has 0 spiro atoms. The van der Waals surface area contributed by atoms with Crippen LogP contribution in [0.3, 0.4) is 0 Å². The van der Waals surface area contributed by atoms with Crippen molar-refractivity contribution in [3.05, 3.63) is 0 Å². The number of carbonyl (C=O) groups is 1. The van der Waals surface area contributed by atoms with E-state index in [-0.39, 0.29) is 6.09 Å². The van der Waals surface area contributed by atoms with Gasteiger partial charge in [0.2, 0.25) is 0 Å². The molecular formula is C14H28N2O2. The van der Waals surface area contributed by atoms with Crippen molar-refractivity contribution in [3.63, 3.8) is 0 Å². The molecular weight excluding hydrogens is 228 g/mol. The van der Waals surface area contributed by atoms with Gasteiger partial charge in [-0.1, -0.05) is 6.92 Å². The number of likely N-dealkylation sites (tertiary alicyclic amines) is 1. The Morgan fingerprint density at radius 3 is 2.72 bits per heavy atom. The molecule has 1 aliphatic rings. The zero-order valence-corrected chi connectivity index (χ0v) is 12.3. The number of nitrogens with zero attached hydrogens (tertiary/aromatic N) is 1. The highest BCUT2D eigenvalue weighted by Gasteiger charge is 2.29. The van der Waals surface area contributed by atoms with Crippen molar-refractivity contribution < 1.29 is 9.53 Å². The topological polar surface area (TPSA) is 41.6 Å². The minimum Gasteiger partial charge on any atom is -0.444 e. The van der Waals surface area contributed by atoms with Gasteiger partial charge in [0.1, 0.15) is 5.60 Å².